The SMILES string of the molecule is CC1CN(Cc2cnc(N)s2)CCC1NC(=O)CN(C)C. The summed E-state index contributed by atoms with van der Waals surface area (Å²) in [5, 5.41) is 3.78. The molecule has 2 rings (SSSR count). The van der Waals surface area contributed by atoms with Crippen LogP contribution in [0.4, 0.5) is 5.13 Å². The summed E-state index contributed by atoms with van der Waals surface area (Å²) in [7, 11) is 3.82. The van der Waals surface area contributed by atoms with Gasteiger partial charge in [0.2, 0.25) is 5.91 Å². The summed E-state index contributed by atoms with van der Waals surface area (Å²) in [4.78, 5) is 21.5. The predicted molar refractivity (Wildman–Crippen MR) is 86.1 cm³/mol. The number of nitrogen functional groups attached to an aromatic ring is 1. The van der Waals surface area contributed by atoms with Gasteiger partial charge in [-0.05, 0) is 26.4 Å². The Kier molecular flexibility index (Phi) is 5.55. The number of carbonyl (C=O) groups is 1. The van der Waals surface area contributed by atoms with E-state index in [-0.39, 0.29) is 11.9 Å². The zero-order valence-corrected chi connectivity index (χ0v) is 13.8. The first-order valence-corrected chi connectivity index (χ1v) is 8.12. The molecule has 0 aliphatic carbocycles. The molecule has 0 bridgehead atoms. The van der Waals surface area contributed by atoms with Crippen LogP contribution in [0.25, 0.3) is 0 Å². The molecule has 6 nitrogen and oxygen atoms in total. The third-order valence-corrected chi connectivity index (χ3v) is 4.56. The minimum atomic E-state index is 0.112. The Hall–Kier alpha value is -1.18. The standard InChI is InChI=1S/C14H25N5OS/c1-10-7-19(8-11-6-16-14(15)21-11)5-4-12(10)17-13(20)9-18(2)3/h6,10,12H,4-5,7-9H2,1-3H3,(H2,15,16)(H,17,20). The normalized spacial score (nSPS) is 23.4. The number of amides is 1. The van der Waals surface area contributed by atoms with Crippen molar-refractivity contribution in [3.63, 3.8) is 0 Å². The first-order chi connectivity index (χ1) is 9.94. The molecule has 1 aromatic rings. The molecule has 2 heterocycles. The van der Waals surface area contributed by atoms with Gasteiger partial charge in [-0.1, -0.05) is 6.92 Å². The van der Waals surface area contributed by atoms with Gasteiger partial charge >= 0.3 is 0 Å². The van der Waals surface area contributed by atoms with E-state index in [1.165, 1.54) is 4.88 Å². The lowest BCUT2D eigenvalue weighted by Gasteiger charge is -2.37. The van der Waals surface area contributed by atoms with Crippen LogP contribution in [0.2, 0.25) is 0 Å². The number of rotatable bonds is 5. The molecule has 0 aromatic carbocycles. The Bertz CT molecular complexity index is 476. The number of nitrogens with one attached hydrogen (secondary N) is 1. The number of piperidine rings is 1. The summed E-state index contributed by atoms with van der Waals surface area (Å²) in [5.74, 6) is 0.565. The van der Waals surface area contributed by atoms with E-state index < -0.39 is 0 Å². The van der Waals surface area contributed by atoms with Crippen molar-refractivity contribution in [2.75, 3.05) is 39.5 Å². The van der Waals surface area contributed by atoms with Crippen LogP contribution in [0, 0.1) is 5.92 Å². The molecule has 21 heavy (non-hydrogen) atoms. The van der Waals surface area contributed by atoms with E-state index in [1.807, 2.05) is 25.2 Å². The molecule has 0 spiro atoms. The topological polar surface area (TPSA) is 74.5 Å². The van der Waals surface area contributed by atoms with E-state index in [2.05, 4.69) is 22.1 Å². The number of hydrogen-bond acceptors (Lipinski definition) is 6. The van der Waals surface area contributed by atoms with Gasteiger partial charge in [0.1, 0.15) is 0 Å². The Morgan fingerprint density at radius 1 is 1.62 bits per heavy atom. The second-order valence-corrected chi connectivity index (χ2v) is 7.22. The Labute approximate surface area is 130 Å². The molecule has 3 N–H and O–H groups in total. The maximum absolute atomic E-state index is 11.9. The van der Waals surface area contributed by atoms with Crippen LogP contribution in [0.3, 0.4) is 0 Å². The summed E-state index contributed by atoms with van der Waals surface area (Å²) in [6.07, 6.45) is 2.85. The maximum Gasteiger partial charge on any atom is 0.234 e. The molecule has 2 atom stereocenters. The zero-order valence-electron chi connectivity index (χ0n) is 13.0. The van der Waals surface area contributed by atoms with Crippen LogP contribution in [0.1, 0.15) is 18.2 Å². The highest BCUT2D eigenvalue weighted by Crippen LogP contribution is 2.22. The lowest BCUT2D eigenvalue weighted by atomic mass is 9.93. The molecule has 0 radical (unpaired) electrons. The number of nitrogens with two attached hydrogens (primary N) is 1. The van der Waals surface area contributed by atoms with Crippen LogP contribution in [-0.4, -0.2) is 60.5 Å². The molecule has 118 valence electrons. The van der Waals surface area contributed by atoms with Crippen LogP contribution < -0.4 is 11.1 Å². The first-order valence-electron chi connectivity index (χ1n) is 7.30. The number of aromatic nitrogens is 1. The predicted octanol–water partition coefficient (Wildman–Crippen LogP) is 0.614. The van der Waals surface area contributed by atoms with E-state index in [9.17, 15) is 4.79 Å². The van der Waals surface area contributed by atoms with E-state index in [1.54, 1.807) is 11.3 Å². The van der Waals surface area contributed by atoms with E-state index in [4.69, 9.17) is 5.73 Å². The van der Waals surface area contributed by atoms with Crippen molar-refractivity contribution in [2.24, 2.45) is 5.92 Å². The summed E-state index contributed by atoms with van der Waals surface area (Å²) in [6.45, 7) is 5.54. The van der Waals surface area contributed by atoms with Crippen LogP contribution in [0.5, 0.6) is 0 Å². The van der Waals surface area contributed by atoms with Crippen LogP contribution >= 0.6 is 11.3 Å². The molecule has 1 amide bonds. The van der Waals surface area contributed by atoms with Crippen molar-refractivity contribution in [1.82, 2.24) is 20.1 Å². The van der Waals surface area contributed by atoms with Crippen molar-refractivity contribution in [3.05, 3.63) is 11.1 Å². The van der Waals surface area contributed by atoms with Gasteiger partial charge in [-0.15, -0.1) is 11.3 Å². The van der Waals surface area contributed by atoms with Gasteiger partial charge in [0.05, 0.1) is 6.54 Å². The Balaban J connectivity index is 1.80. The van der Waals surface area contributed by atoms with Gasteiger partial charge in [0.25, 0.3) is 0 Å². The van der Waals surface area contributed by atoms with Crippen molar-refractivity contribution in [1.29, 1.82) is 0 Å². The van der Waals surface area contributed by atoms with Crippen molar-refractivity contribution >= 4 is 22.4 Å². The molecule has 1 aliphatic heterocycles. The summed E-state index contributed by atoms with van der Waals surface area (Å²) < 4.78 is 0. The molecular weight excluding hydrogens is 286 g/mol. The number of carbonyl (C=O) groups excluding carboxylic acids is 1. The van der Waals surface area contributed by atoms with Gasteiger partial charge in [0, 0.05) is 36.8 Å². The molecule has 1 saturated heterocycles. The van der Waals surface area contributed by atoms with Gasteiger partial charge in [-0.25, -0.2) is 4.98 Å². The molecular formula is C14H25N5OS. The third-order valence-electron chi connectivity index (χ3n) is 3.75. The highest BCUT2D eigenvalue weighted by atomic mass is 32.1. The zero-order chi connectivity index (χ0) is 15.4. The van der Waals surface area contributed by atoms with E-state index in [0.717, 1.165) is 26.1 Å². The lowest BCUT2D eigenvalue weighted by Crippen LogP contribution is -2.51. The summed E-state index contributed by atoms with van der Waals surface area (Å²) in [6, 6.07) is 0.278. The smallest absolute Gasteiger partial charge is 0.234 e. The minimum Gasteiger partial charge on any atom is -0.375 e. The highest BCUT2D eigenvalue weighted by Gasteiger charge is 2.27. The molecule has 0 saturated carbocycles. The maximum atomic E-state index is 11.9. The number of hydrogen-bond donors (Lipinski definition) is 2. The number of nitrogens with zero attached hydrogens (tertiary/aromatic N) is 3. The number of likely N-dealkylation sites (tertiary alicyclic amines) is 1. The van der Waals surface area contributed by atoms with Crippen molar-refractivity contribution in [3.8, 4) is 0 Å². The lowest BCUT2D eigenvalue weighted by molar-refractivity contribution is -0.123. The van der Waals surface area contributed by atoms with Gasteiger partial charge in [-0.3, -0.25) is 9.69 Å². The molecule has 1 aliphatic rings. The molecule has 2 unspecified atom stereocenters. The fourth-order valence-corrected chi connectivity index (χ4v) is 3.47. The molecule has 1 aromatic heterocycles. The average Bonchev–Trinajstić information content (AvgIpc) is 2.77. The Morgan fingerprint density at radius 3 is 2.95 bits per heavy atom. The van der Waals surface area contributed by atoms with Crippen molar-refractivity contribution < 1.29 is 4.79 Å². The van der Waals surface area contributed by atoms with Crippen molar-refractivity contribution in [2.45, 2.75) is 25.9 Å². The number of likely N-dealkylation sites (N-methyl/N-ethyl adjacent to an activating group) is 1. The highest BCUT2D eigenvalue weighted by molar-refractivity contribution is 7.15. The van der Waals surface area contributed by atoms with Gasteiger partial charge in [0.15, 0.2) is 5.13 Å². The van der Waals surface area contributed by atoms with Gasteiger partial charge in [-0.2, -0.15) is 0 Å². The minimum absolute atomic E-state index is 0.112. The number of anilines is 1. The second kappa shape index (κ2) is 7.20. The van der Waals surface area contributed by atoms with Crippen LogP contribution in [-0.2, 0) is 11.3 Å². The number of thiazole rings is 1. The largest absolute Gasteiger partial charge is 0.375 e. The van der Waals surface area contributed by atoms with E-state index >= 15 is 0 Å². The Morgan fingerprint density at radius 2 is 2.38 bits per heavy atom. The third kappa shape index (κ3) is 4.94. The fourth-order valence-electron chi connectivity index (χ4n) is 2.75. The molecule has 1 fully saturated rings. The second-order valence-electron chi connectivity index (χ2n) is 6.08. The summed E-state index contributed by atoms with van der Waals surface area (Å²) in [5.41, 5.74) is 5.67. The fraction of sp³-hybridized carbons (Fsp3) is 0.714. The first kappa shape index (κ1) is 16.2. The molecule has 7 heteroatoms. The summed E-state index contributed by atoms with van der Waals surface area (Å²) >= 11 is 1.55. The van der Waals surface area contributed by atoms with E-state index in [0.29, 0.717) is 17.6 Å². The quantitative estimate of drug-likeness (QED) is 0.833. The van der Waals surface area contributed by atoms with Gasteiger partial charge < -0.3 is 16.0 Å². The van der Waals surface area contributed by atoms with Crippen LogP contribution in [0.15, 0.2) is 6.20 Å². The average molecular weight is 311 g/mol. The monoisotopic (exact) mass is 311 g/mol.